The summed E-state index contributed by atoms with van der Waals surface area (Å²) >= 11 is 0. The summed E-state index contributed by atoms with van der Waals surface area (Å²) in [6.07, 6.45) is 1.77. The number of benzene rings is 1. The van der Waals surface area contributed by atoms with Crippen molar-refractivity contribution in [2.24, 2.45) is 0 Å². The molecular formula is C16H16N4O. The third kappa shape index (κ3) is 3.32. The highest BCUT2D eigenvalue weighted by molar-refractivity contribution is 5.79. The van der Waals surface area contributed by atoms with Crippen LogP contribution >= 0.6 is 0 Å². The van der Waals surface area contributed by atoms with Gasteiger partial charge in [-0.1, -0.05) is 13.0 Å². The van der Waals surface area contributed by atoms with Crippen LogP contribution in [0.4, 0.5) is 0 Å². The average Bonchev–Trinajstić information content (AvgIpc) is 2.54. The quantitative estimate of drug-likeness (QED) is 0.778. The van der Waals surface area contributed by atoms with Crippen molar-refractivity contribution < 1.29 is 4.74 Å². The van der Waals surface area contributed by atoms with Crippen LogP contribution < -0.4 is 10.1 Å². The van der Waals surface area contributed by atoms with Gasteiger partial charge in [0.2, 0.25) is 5.88 Å². The molecule has 5 nitrogen and oxygen atoms in total. The van der Waals surface area contributed by atoms with Gasteiger partial charge < -0.3 is 10.1 Å². The zero-order valence-electron chi connectivity index (χ0n) is 11.8. The van der Waals surface area contributed by atoms with Crippen molar-refractivity contribution in [3.05, 3.63) is 54.4 Å². The van der Waals surface area contributed by atoms with E-state index in [-0.39, 0.29) is 0 Å². The number of fused-ring (bicyclic) bond motifs is 1. The third-order valence-corrected chi connectivity index (χ3v) is 3.05. The Morgan fingerprint density at radius 3 is 2.86 bits per heavy atom. The van der Waals surface area contributed by atoms with Crippen LogP contribution in [-0.2, 0) is 6.54 Å². The van der Waals surface area contributed by atoms with Crippen molar-refractivity contribution in [1.82, 2.24) is 20.5 Å². The predicted molar refractivity (Wildman–Crippen MR) is 81.2 cm³/mol. The monoisotopic (exact) mass is 280 g/mol. The van der Waals surface area contributed by atoms with Gasteiger partial charge in [-0.3, -0.25) is 4.98 Å². The molecular weight excluding hydrogens is 264 g/mol. The summed E-state index contributed by atoms with van der Waals surface area (Å²) in [6.45, 7) is 3.67. The lowest BCUT2D eigenvalue weighted by atomic mass is 10.2. The largest absolute Gasteiger partial charge is 0.437 e. The Morgan fingerprint density at radius 1 is 1.10 bits per heavy atom. The number of nitrogens with zero attached hydrogens (tertiary/aromatic N) is 3. The lowest BCUT2D eigenvalue weighted by Crippen LogP contribution is -2.13. The van der Waals surface area contributed by atoms with Gasteiger partial charge in [0.05, 0.1) is 11.2 Å². The van der Waals surface area contributed by atoms with Gasteiger partial charge >= 0.3 is 0 Å². The molecule has 21 heavy (non-hydrogen) atoms. The van der Waals surface area contributed by atoms with E-state index in [1.807, 2.05) is 42.5 Å². The van der Waals surface area contributed by atoms with Crippen LogP contribution in [-0.4, -0.2) is 21.7 Å². The van der Waals surface area contributed by atoms with E-state index in [0.29, 0.717) is 18.2 Å². The Bertz CT molecular complexity index is 728. The minimum atomic E-state index is 0.477. The highest BCUT2D eigenvalue weighted by atomic mass is 16.5. The molecule has 0 spiro atoms. The van der Waals surface area contributed by atoms with Crippen molar-refractivity contribution in [3.8, 4) is 11.6 Å². The molecule has 2 aromatic heterocycles. The van der Waals surface area contributed by atoms with Gasteiger partial charge in [0.1, 0.15) is 5.75 Å². The first-order valence-electron chi connectivity index (χ1n) is 6.91. The Kier molecular flexibility index (Phi) is 4.02. The summed E-state index contributed by atoms with van der Waals surface area (Å²) in [5, 5.41) is 12.5. The van der Waals surface area contributed by atoms with Crippen LogP contribution in [0, 0.1) is 0 Å². The lowest BCUT2D eigenvalue weighted by molar-refractivity contribution is 0.454. The SMILES string of the molecule is CCNCc1ccc(Oc2ccc3cccnc3c2)nn1. The van der Waals surface area contributed by atoms with Gasteiger partial charge in [-0.25, -0.2) is 0 Å². The van der Waals surface area contributed by atoms with E-state index in [4.69, 9.17) is 4.74 Å². The lowest BCUT2D eigenvalue weighted by Gasteiger charge is -2.06. The molecule has 1 aromatic carbocycles. The Hall–Kier alpha value is -2.53. The van der Waals surface area contributed by atoms with Crippen molar-refractivity contribution in [1.29, 1.82) is 0 Å². The maximum absolute atomic E-state index is 5.71. The summed E-state index contributed by atoms with van der Waals surface area (Å²) in [4.78, 5) is 4.31. The molecule has 0 bridgehead atoms. The fourth-order valence-corrected chi connectivity index (χ4v) is 1.98. The molecule has 0 saturated heterocycles. The number of nitrogens with one attached hydrogen (secondary N) is 1. The molecule has 0 aliphatic carbocycles. The van der Waals surface area contributed by atoms with Crippen LogP contribution in [0.3, 0.4) is 0 Å². The number of rotatable bonds is 5. The van der Waals surface area contributed by atoms with Gasteiger partial charge in [-0.05, 0) is 30.8 Å². The first kappa shape index (κ1) is 13.5. The molecule has 5 heteroatoms. The van der Waals surface area contributed by atoms with Crippen LogP contribution in [0.15, 0.2) is 48.7 Å². The van der Waals surface area contributed by atoms with E-state index in [2.05, 4.69) is 27.4 Å². The molecule has 0 amide bonds. The summed E-state index contributed by atoms with van der Waals surface area (Å²) in [5.74, 6) is 1.18. The van der Waals surface area contributed by atoms with E-state index >= 15 is 0 Å². The predicted octanol–water partition coefficient (Wildman–Crippen LogP) is 2.93. The fourth-order valence-electron chi connectivity index (χ4n) is 1.98. The van der Waals surface area contributed by atoms with Gasteiger partial charge in [-0.2, -0.15) is 5.10 Å². The van der Waals surface area contributed by atoms with E-state index in [0.717, 1.165) is 23.1 Å². The smallest absolute Gasteiger partial charge is 0.238 e. The minimum Gasteiger partial charge on any atom is -0.437 e. The molecule has 0 aliphatic rings. The molecule has 0 fully saturated rings. The first-order chi connectivity index (χ1) is 10.3. The van der Waals surface area contributed by atoms with Crippen molar-refractivity contribution in [2.45, 2.75) is 13.5 Å². The summed E-state index contributed by atoms with van der Waals surface area (Å²) in [5.41, 5.74) is 1.79. The maximum Gasteiger partial charge on any atom is 0.238 e. The van der Waals surface area contributed by atoms with Gasteiger partial charge in [0.25, 0.3) is 0 Å². The number of pyridine rings is 1. The molecule has 0 aliphatic heterocycles. The zero-order valence-corrected chi connectivity index (χ0v) is 11.8. The number of aromatic nitrogens is 3. The topological polar surface area (TPSA) is 59.9 Å². The number of ether oxygens (including phenoxy) is 1. The molecule has 106 valence electrons. The molecule has 3 aromatic rings. The van der Waals surface area contributed by atoms with E-state index in [9.17, 15) is 0 Å². The van der Waals surface area contributed by atoms with Crippen molar-refractivity contribution in [3.63, 3.8) is 0 Å². The van der Waals surface area contributed by atoms with Crippen molar-refractivity contribution in [2.75, 3.05) is 6.54 Å². The zero-order chi connectivity index (χ0) is 14.5. The van der Waals surface area contributed by atoms with E-state index in [1.54, 1.807) is 6.20 Å². The minimum absolute atomic E-state index is 0.477. The van der Waals surface area contributed by atoms with Gasteiger partial charge in [0, 0.05) is 30.3 Å². The molecule has 3 rings (SSSR count). The van der Waals surface area contributed by atoms with Gasteiger partial charge in [0.15, 0.2) is 0 Å². The second-order valence-corrected chi connectivity index (χ2v) is 4.60. The number of hydrogen-bond donors (Lipinski definition) is 1. The van der Waals surface area contributed by atoms with E-state index < -0.39 is 0 Å². The maximum atomic E-state index is 5.71. The van der Waals surface area contributed by atoms with E-state index in [1.165, 1.54) is 0 Å². The molecule has 0 radical (unpaired) electrons. The summed E-state index contributed by atoms with van der Waals surface area (Å²) in [7, 11) is 0. The second-order valence-electron chi connectivity index (χ2n) is 4.60. The highest BCUT2D eigenvalue weighted by Crippen LogP contribution is 2.22. The Balaban J connectivity index is 1.75. The summed E-state index contributed by atoms with van der Waals surface area (Å²) < 4.78 is 5.71. The highest BCUT2D eigenvalue weighted by Gasteiger charge is 2.02. The molecule has 0 saturated carbocycles. The molecule has 0 unspecified atom stereocenters. The number of hydrogen-bond acceptors (Lipinski definition) is 5. The fraction of sp³-hybridized carbons (Fsp3) is 0.188. The van der Waals surface area contributed by atoms with Crippen LogP contribution in [0.1, 0.15) is 12.6 Å². The first-order valence-corrected chi connectivity index (χ1v) is 6.91. The molecule has 0 atom stereocenters. The Labute approximate surface area is 123 Å². The Morgan fingerprint density at radius 2 is 2.05 bits per heavy atom. The van der Waals surface area contributed by atoms with Gasteiger partial charge in [-0.15, -0.1) is 5.10 Å². The van der Waals surface area contributed by atoms with Crippen molar-refractivity contribution >= 4 is 10.9 Å². The molecule has 1 N–H and O–H groups in total. The summed E-state index contributed by atoms with van der Waals surface area (Å²) in [6, 6.07) is 13.4. The third-order valence-electron chi connectivity index (χ3n) is 3.05. The van der Waals surface area contributed by atoms with Crippen LogP contribution in [0.5, 0.6) is 11.6 Å². The molecule has 2 heterocycles. The normalized spacial score (nSPS) is 10.7. The second kappa shape index (κ2) is 6.28. The van der Waals surface area contributed by atoms with Crippen LogP contribution in [0.25, 0.3) is 10.9 Å². The average molecular weight is 280 g/mol. The standard InChI is InChI=1S/C16H16N4O/c1-2-17-11-13-6-8-16(20-19-13)21-14-7-5-12-4-3-9-18-15(12)10-14/h3-10,17H,2,11H2,1H3. The van der Waals surface area contributed by atoms with Crippen LogP contribution in [0.2, 0.25) is 0 Å².